The van der Waals surface area contributed by atoms with Gasteiger partial charge in [0, 0.05) is 28.0 Å². The lowest BCUT2D eigenvalue weighted by atomic mass is 9.98. The van der Waals surface area contributed by atoms with Gasteiger partial charge in [0.25, 0.3) is 0 Å². The first-order chi connectivity index (χ1) is 9.80. The number of aryl methyl sites for hydroxylation is 1. The summed E-state index contributed by atoms with van der Waals surface area (Å²) >= 11 is 4.33. The molecular weight excluding hydrogens is 282 g/mol. The van der Waals surface area contributed by atoms with Crippen molar-refractivity contribution in [3.8, 4) is 0 Å². The molecule has 0 radical (unpaired) electrons. The second-order valence-electron chi connectivity index (χ2n) is 5.28. The molecule has 1 N–H and O–H groups in total. The van der Waals surface area contributed by atoms with Crippen molar-refractivity contribution < 1.29 is 0 Å². The Hall–Kier alpha value is -0.120. The highest BCUT2D eigenvalue weighted by Gasteiger charge is 2.32. The molecule has 2 rings (SSSR count). The summed E-state index contributed by atoms with van der Waals surface area (Å²) in [6.07, 6.45) is 2.40. The third kappa shape index (κ3) is 3.96. The molecule has 1 saturated heterocycles. The Morgan fingerprint density at radius 1 is 1.10 bits per heavy atom. The van der Waals surface area contributed by atoms with E-state index in [1.165, 1.54) is 29.1 Å². The number of hydrogen-bond donors (Lipinski definition) is 1. The number of nitrogens with one attached hydrogen (secondary N) is 1. The lowest BCUT2D eigenvalue weighted by Crippen LogP contribution is -2.38. The van der Waals surface area contributed by atoms with Crippen molar-refractivity contribution in [1.82, 2.24) is 5.32 Å². The Morgan fingerprint density at radius 2 is 1.80 bits per heavy atom. The predicted molar refractivity (Wildman–Crippen MR) is 95.0 cm³/mol. The number of benzene rings is 1. The van der Waals surface area contributed by atoms with Gasteiger partial charge >= 0.3 is 0 Å². The van der Waals surface area contributed by atoms with Gasteiger partial charge in [-0.05, 0) is 30.5 Å². The molecule has 3 unspecified atom stereocenters. The fourth-order valence-electron chi connectivity index (χ4n) is 2.85. The summed E-state index contributed by atoms with van der Waals surface area (Å²) in [5, 5.41) is 5.22. The van der Waals surface area contributed by atoms with E-state index in [0.717, 1.165) is 18.2 Å². The van der Waals surface area contributed by atoms with Crippen LogP contribution in [-0.2, 0) is 6.42 Å². The SMILES string of the molecule is CCNC(c1ccc(CC)cc1)C1SCCSC1CC. The lowest BCUT2D eigenvalue weighted by molar-refractivity contribution is 0.513. The molecule has 0 aliphatic carbocycles. The second kappa shape index (κ2) is 8.35. The molecule has 1 aromatic carbocycles. The summed E-state index contributed by atoms with van der Waals surface area (Å²) < 4.78 is 0. The van der Waals surface area contributed by atoms with Crippen LogP contribution in [-0.4, -0.2) is 28.6 Å². The van der Waals surface area contributed by atoms with Crippen LogP contribution in [0.25, 0.3) is 0 Å². The van der Waals surface area contributed by atoms with Crippen molar-refractivity contribution in [3.63, 3.8) is 0 Å². The highest BCUT2D eigenvalue weighted by atomic mass is 32.2. The highest BCUT2D eigenvalue weighted by molar-refractivity contribution is 8.07. The number of hydrogen-bond acceptors (Lipinski definition) is 3. The number of rotatable bonds is 6. The molecule has 0 spiro atoms. The molecule has 1 aliphatic rings. The number of thioether (sulfide) groups is 2. The fourth-order valence-corrected chi connectivity index (χ4v) is 6.10. The van der Waals surface area contributed by atoms with E-state index in [4.69, 9.17) is 0 Å². The van der Waals surface area contributed by atoms with E-state index in [1.807, 2.05) is 0 Å². The van der Waals surface area contributed by atoms with Crippen LogP contribution in [0.5, 0.6) is 0 Å². The van der Waals surface area contributed by atoms with Crippen LogP contribution in [0.4, 0.5) is 0 Å². The standard InChI is InChI=1S/C17H27NS2/c1-4-13-7-9-14(10-8-13)16(18-6-3)17-15(5-2)19-11-12-20-17/h7-10,15-18H,4-6,11-12H2,1-3H3. The van der Waals surface area contributed by atoms with Gasteiger partial charge < -0.3 is 5.32 Å². The molecule has 0 bridgehead atoms. The second-order valence-corrected chi connectivity index (χ2v) is 7.92. The Morgan fingerprint density at radius 3 is 2.40 bits per heavy atom. The van der Waals surface area contributed by atoms with Gasteiger partial charge in [-0.1, -0.05) is 45.0 Å². The monoisotopic (exact) mass is 309 g/mol. The van der Waals surface area contributed by atoms with E-state index in [1.54, 1.807) is 0 Å². The van der Waals surface area contributed by atoms with Gasteiger partial charge in [0.1, 0.15) is 0 Å². The van der Waals surface area contributed by atoms with Gasteiger partial charge in [0.2, 0.25) is 0 Å². The van der Waals surface area contributed by atoms with Crippen LogP contribution < -0.4 is 5.32 Å². The van der Waals surface area contributed by atoms with Crippen molar-refractivity contribution >= 4 is 23.5 Å². The minimum atomic E-state index is 0.494. The molecule has 1 aliphatic heterocycles. The topological polar surface area (TPSA) is 12.0 Å². The molecular formula is C17H27NS2. The van der Waals surface area contributed by atoms with Crippen molar-refractivity contribution in [2.75, 3.05) is 18.1 Å². The average molecular weight is 310 g/mol. The van der Waals surface area contributed by atoms with Crippen LogP contribution >= 0.6 is 23.5 Å². The summed E-state index contributed by atoms with van der Waals surface area (Å²) in [6.45, 7) is 7.81. The average Bonchev–Trinajstić information content (AvgIpc) is 2.53. The van der Waals surface area contributed by atoms with Gasteiger partial charge in [-0.3, -0.25) is 0 Å². The lowest BCUT2D eigenvalue weighted by Gasteiger charge is -2.36. The summed E-state index contributed by atoms with van der Waals surface area (Å²) in [4.78, 5) is 0. The van der Waals surface area contributed by atoms with Crippen molar-refractivity contribution in [2.24, 2.45) is 0 Å². The smallest absolute Gasteiger partial charge is 0.0451 e. The molecule has 20 heavy (non-hydrogen) atoms. The maximum atomic E-state index is 3.74. The minimum Gasteiger partial charge on any atom is -0.309 e. The Bertz CT molecular complexity index is 390. The summed E-state index contributed by atoms with van der Waals surface area (Å²) in [7, 11) is 0. The first-order valence-electron chi connectivity index (χ1n) is 7.85. The van der Waals surface area contributed by atoms with Crippen molar-refractivity contribution in [3.05, 3.63) is 35.4 Å². The Balaban J connectivity index is 2.19. The largest absolute Gasteiger partial charge is 0.309 e. The molecule has 3 heteroatoms. The van der Waals surface area contributed by atoms with Crippen LogP contribution in [0.3, 0.4) is 0 Å². The molecule has 1 fully saturated rings. The summed E-state index contributed by atoms with van der Waals surface area (Å²) in [5.41, 5.74) is 2.89. The van der Waals surface area contributed by atoms with Crippen molar-refractivity contribution in [1.29, 1.82) is 0 Å². The molecule has 3 atom stereocenters. The molecule has 0 saturated carbocycles. The van der Waals surface area contributed by atoms with Crippen molar-refractivity contribution in [2.45, 2.75) is 50.2 Å². The molecule has 0 aromatic heterocycles. The van der Waals surface area contributed by atoms with Crippen LogP contribution in [0, 0.1) is 0 Å². The minimum absolute atomic E-state index is 0.494. The van der Waals surface area contributed by atoms with Crippen LogP contribution in [0.2, 0.25) is 0 Å². The van der Waals surface area contributed by atoms with Crippen LogP contribution in [0.15, 0.2) is 24.3 Å². The molecule has 1 nitrogen and oxygen atoms in total. The zero-order valence-electron chi connectivity index (χ0n) is 12.9. The van der Waals surface area contributed by atoms with E-state index in [2.05, 4.69) is 73.9 Å². The maximum absolute atomic E-state index is 3.74. The van der Waals surface area contributed by atoms with E-state index in [-0.39, 0.29) is 0 Å². The first-order valence-corrected chi connectivity index (χ1v) is 9.95. The van der Waals surface area contributed by atoms with E-state index in [0.29, 0.717) is 11.3 Å². The third-order valence-corrected chi connectivity index (χ3v) is 7.34. The molecule has 0 amide bonds. The predicted octanol–water partition coefficient (Wildman–Crippen LogP) is 4.53. The summed E-state index contributed by atoms with van der Waals surface area (Å²) in [5.74, 6) is 2.61. The van der Waals surface area contributed by atoms with Gasteiger partial charge in [0.05, 0.1) is 0 Å². The first kappa shape index (κ1) is 16.3. The third-order valence-electron chi connectivity index (χ3n) is 3.99. The zero-order chi connectivity index (χ0) is 14.4. The zero-order valence-corrected chi connectivity index (χ0v) is 14.5. The molecule has 1 heterocycles. The molecule has 1 aromatic rings. The highest BCUT2D eigenvalue weighted by Crippen LogP contribution is 2.40. The van der Waals surface area contributed by atoms with Gasteiger partial charge in [-0.2, -0.15) is 23.5 Å². The Kier molecular flexibility index (Phi) is 6.79. The van der Waals surface area contributed by atoms with E-state index >= 15 is 0 Å². The van der Waals surface area contributed by atoms with Crippen LogP contribution in [0.1, 0.15) is 44.4 Å². The normalized spacial score (nSPS) is 24.6. The van der Waals surface area contributed by atoms with E-state index in [9.17, 15) is 0 Å². The Labute approximate surface area is 132 Å². The van der Waals surface area contributed by atoms with E-state index < -0.39 is 0 Å². The maximum Gasteiger partial charge on any atom is 0.0451 e. The molecule has 112 valence electrons. The summed E-state index contributed by atoms with van der Waals surface area (Å²) in [6, 6.07) is 9.74. The van der Waals surface area contributed by atoms with Gasteiger partial charge in [-0.25, -0.2) is 0 Å². The quantitative estimate of drug-likeness (QED) is 0.829. The fraction of sp³-hybridized carbons (Fsp3) is 0.647. The van der Waals surface area contributed by atoms with Gasteiger partial charge in [0.15, 0.2) is 0 Å². The van der Waals surface area contributed by atoms with Gasteiger partial charge in [-0.15, -0.1) is 0 Å².